The fraction of sp³-hybridized carbons (Fsp3) is 0.100. The zero-order valence-electron chi connectivity index (χ0n) is 15.7. The molecule has 29 heavy (non-hydrogen) atoms. The van der Waals surface area contributed by atoms with Crippen LogP contribution in [0.1, 0.15) is 11.1 Å². The van der Waals surface area contributed by atoms with E-state index in [-0.39, 0.29) is 10.6 Å². The van der Waals surface area contributed by atoms with Gasteiger partial charge in [0.25, 0.3) is 10.0 Å². The highest BCUT2D eigenvalue weighted by atomic mass is 32.2. The Morgan fingerprint density at radius 1 is 1.07 bits per heavy atom. The number of nitrogens with zero attached hydrogens (tertiary/aromatic N) is 2. The molecular weight excluding hydrogens is 408 g/mol. The molecule has 4 aromatic rings. The van der Waals surface area contributed by atoms with Crippen LogP contribution >= 0.6 is 11.8 Å². The van der Waals surface area contributed by atoms with E-state index in [9.17, 15) is 13.5 Å². The number of benzene rings is 3. The van der Waals surface area contributed by atoms with Crippen LogP contribution < -0.4 is 4.72 Å². The topological polar surface area (TPSA) is 108 Å². The van der Waals surface area contributed by atoms with E-state index in [2.05, 4.69) is 19.9 Å². The minimum atomic E-state index is -3.83. The Morgan fingerprint density at radius 3 is 2.55 bits per heavy atom. The van der Waals surface area contributed by atoms with Crippen molar-refractivity contribution in [1.29, 1.82) is 0 Å². The van der Waals surface area contributed by atoms with Crippen LogP contribution in [0.3, 0.4) is 0 Å². The van der Waals surface area contributed by atoms with Crippen molar-refractivity contribution in [2.24, 2.45) is 0 Å². The number of phenols is 1. The molecule has 0 saturated heterocycles. The zero-order valence-corrected chi connectivity index (χ0v) is 17.3. The molecular formula is C20H18N4O3S2. The van der Waals surface area contributed by atoms with Gasteiger partial charge in [0.1, 0.15) is 12.1 Å². The molecule has 3 N–H and O–H groups in total. The Morgan fingerprint density at radius 2 is 1.83 bits per heavy atom. The van der Waals surface area contributed by atoms with Gasteiger partial charge >= 0.3 is 0 Å². The molecule has 0 aliphatic rings. The van der Waals surface area contributed by atoms with E-state index in [0.29, 0.717) is 32.1 Å². The summed E-state index contributed by atoms with van der Waals surface area (Å²) in [5, 5.41) is 18.8. The highest BCUT2D eigenvalue weighted by molar-refractivity contribution is 7.99. The third-order valence-electron chi connectivity index (χ3n) is 4.46. The molecule has 1 aromatic heterocycles. The molecule has 7 nitrogen and oxygen atoms in total. The van der Waals surface area contributed by atoms with Crippen molar-refractivity contribution in [3.8, 4) is 5.75 Å². The first-order chi connectivity index (χ1) is 13.8. The van der Waals surface area contributed by atoms with E-state index >= 15 is 0 Å². The lowest BCUT2D eigenvalue weighted by molar-refractivity contribution is 0.469. The van der Waals surface area contributed by atoms with Gasteiger partial charge in [0.15, 0.2) is 5.16 Å². The molecule has 148 valence electrons. The first-order valence-electron chi connectivity index (χ1n) is 8.73. The van der Waals surface area contributed by atoms with Gasteiger partial charge in [-0.05, 0) is 48.9 Å². The van der Waals surface area contributed by atoms with E-state index in [1.54, 1.807) is 49.4 Å². The average molecular weight is 427 g/mol. The fourth-order valence-corrected chi connectivity index (χ4v) is 5.23. The Balaban J connectivity index is 1.84. The number of sulfonamides is 1. The lowest BCUT2D eigenvalue weighted by atomic mass is 10.1. The van der Waals surface area contributed by atoms with Crippen molar-refractivity contribution in [1.82, 2.24) is 15.2 Å². The Kier molecular flexibility index (Phi) is 4.93. The number of fused-ring (bicyclic) bond motifs is 1. The predicted molar refractivity (Wildman–Crippen MR) is 113 cm³/mol. The molecule has 0 atom stereocenters. The quantitative estimate of drug-likeness (QED) is 0.412. The SMILES string of the molecule is Cc1ccc(C)c(S(=O)(=O)Nc2cc(Sc3ncn[nH]3)c(O)c3ccccc23)c1. The Hall–Kier alpha value is -3.04. The summed E-state index contributed by atoms with van der Waals surface area (Å²) in [7, 11) is -3.83. The molecule has 1 heterocycles. The lowest BCUT2D eigenvalue weighted by Crippen LogP contribution is -2.15. The Bertz CT molecular complexity index is 1300. The van der Waals surface area contributed by atoms with Crippen LogP contribution in [-0.2, 0) is 10.0 Å². The molecule has 0 radical (unpaired) electrons. The van der Waals surface area contributed by atoms with Gasteiger partial charge in [0.05, 0.1) is 15.5 Å². The number of phenolic OH excluding ortho intramolecular Hbond substituents is 1. The second-order valence-electron chi connectivity index (χ2n) is 6.58. The summed E-state index contributed by atoms with van der Waals surface area (Å²) >= 11 is 1.16. The van der Waals surface area contributed by atoms with Gasteiger partial charge in [-0.3, -0.25) is 9.82 Å². The van der Waals surface area contributed by atoms with Crippen molar-refractivity contribution < 1.29 is 13.5 Å². The molecule has 0 unspecified atom stereocenters. The van der Waals surface area contributed by atoms with E-state index in [4.69, 9.17) is 0 Å². The first kappa shape index (κ1) is 19.3. The van der Waals surface area contributed by atoms with Gasteiger partial charge < -0.3 is 5.11 Å². The number of aromatic hydroxyl groups is 1. The fourth-order valence-electron chi connectivity index (χ4n) is 3.04. The molecule has 0 aliphatic heterocycles. The summed E-state index contributed by atoms with van der Waals surface area (Å²) in [6.07, 6.45) is 1.37. The third-order valence-corrected chi connectivity index (χ3v) is 6.89. The normalized spacial score (nSPS) is 11.7. The first-order valence-corrected chi connectivity index (χ1v) is 11.0. The molecule has 9 heteroatoms. The highest BCUT2D eigenvalue weighted by Gasteiger charge is 2.21. The lowest BCUT2D eigenvalue weighted by Gasteiger charge is -2.15. The van der Waals surface area contributed by atoms with Gasteiger partial charge in [0, 0.05) is 10.8 Å². The second kappa shape index (κ2) is 7.41. The van der Waals surface area contributed by atoms with Crippen LogP contribution in [0.15, 0.2) is 69.8 Å². The standard InChI is InChI=1S/C20H18N4O3S2/c1-12-7-8-13(2)18(9-12)29(26,27)24-16-10-17(28-20-21-11-22-23-20)19(25)15-6-4-3-5-14(15)16/h3-11,24-25H,1-2H3,(H,21,22,23). The largest absolute Gasteiger partial charge is 0.506 e. The van der Waals surface area contributed by atoms with Crippen LogP contribution in [0, 0.1) is 13.8 Å². The third kappa shape index (κ3) is 3.79. The Labute approximate surface area is 172 Å². The van der Waals surface area contributed by atoms with Crippen molar-refractivity contribution in [2.45, 2.75) is 28.8 Å². The molecule has 3 aromatic carbocycles. The monoisotopic (exact) mass is 426 g/mol. The van der Waals surface area contributed by atoms with Crippen molar-refractivity contribution in [2.75, 3.05) is 4.72 Å². The number of aromatic amines is 1. The number of nitrogens with one attached hydrogen (secondary N) is 2. The maximum absolute atomic E-state index is 13.1. The highest BCUT2D eigenvalue weighted by Crippen LogP contribution is 2.42. The average Bonchev–Trinajstić information content (AvgIpc) is 3.20. The second-order valence-corrected chi connectivity index (χ2v) is 9.27. The molecule has 0 spiro atoms. The van der Waals surface area contributed by atoms with Crippen LogP contribution in [0.5, 0.6) is 5.75 Å². The van der Waals surface area contributed by atoms with E-state index in [1.165, 1.54) is 6.33 Å². The molecule has 0 fully saturated rings. The summed E-state index contributed by atoms with van der Waals surface area (Å²) in [4.78, 5) is 4.73. The number of aryl methyl sites for hydroxylation is 2. The summed E-state index contributed by atoms with van der Waals surface area (Å²) in [6.45, 7) is 3.61. The summed E-state index contributed by atoms with van der Waals surface area (Å²) in [6, 6.07) is 14.0. The zero-order chi connectivity index (χ0) is 20.6. The smallest absolute Gasteiger partial charge is 0.262 e. The van der Waals surface area contributed by atoms with Gasteiger partial charge in [-0.15, -0.1) is 0 Å². The van der Waals surface area contributed by atoms with Crippen LogP contribution in [-0.4, -0.2) is 28.7 Å². The number of aromatic nitrogens is 3. The van der Waals surface area contributed by atoms with E-state index in [0.717, 1.165) is 17.3 Å². The van der Waals surface area contributed by atoms with Crippen molar-refractivity contribution in [3.63, 3.8) is 0 Å². The summed E-state index contributed by atoms with van der Waals surface area (Å²) in [5.74, 6) is 0.0525. The van der Waals surface area contributed by atoms with Gasteiger partial charge in [-0.25, -0.2) is 13.4 Å². The van der Waals surface area contributed by atoms with Crippen molar-refractivity contribution >= 4 is 38.2 Å². The van der Waals surface area contributed by atoms with Crippen molar-refractivity contribution in [3.05, 3.63) is 66.0 Å². The van der Waals surface area contributed by atoms with Gasteiger partial charge in [0.2, 0.25) is 0 Å². The molecule has 0 saturated carbocycles. The number of hydrogen-bond donors (Lipinski definition) is 3. The molecule has 0 amide bonds. The molecule has 0 aliphatic carbocycles. The number of rotatable bonds is 5. The maximum atomic E-state index is 13.1. The number of anilines is 1. The minimum absolute atomic E-state index is 0.0525. The maximum Gasteiger partial charge on any atom is 0.262 e. The molecule has 0 bridgehead atoms. The van der Waals surface area contributed by atoms with Gasteiger partial charge in [-0.1, -0.05) is 36.4 Å². The number of hydrogen-bond acceptors (Lipinski definition) is 6. The minimum Gasteiger partial charge on any atom is -0.506 e. The van der Waals surface area contributed by atoms with Crippen LogP contribution in [0.25, 0.3) is 10.8 Å². The summed E-state index contributed by atoms with van der Waals surface area (Å²) < 4.78 is 28.9. The summed E-state index contributed by atoms with van der Waals surface area (Å²) in [5.41, 5.74) is 1.89. The van der Waals surface area contributed by atoms with E-state index in [1.807, 2.05) is 13.0 Å². The van der Waals surface area contributed by atoms with E-state index < -0.39 is 10.0 Å². The number of H-pyrrole nitrogens is 1. The van der Waals surface area contributed by atoms with Crippen LogP contribution in [0.2, 0.25) is 0 Å². The van der Waals surface area contributed by atoms with Gasteiger partial charge in [-0.2, -0.15) is 5.10 Å². The predicted octanol–water partition coefficient (Wildman–Crippen LogP) is 4.23. The van der Waals surface area contributed by atoms with Crippen LogP contribution in [0.4, 0.5) is 5.69 Å². The molecule has 4 rings (SSSR count).